The van der Waals surface area contributed by atoms with Gasteiger partial charge in [-0.2, -0.15) is 0 Å². The standard InChI is InChI=1S/C10H13N3O4/c1-5-2-6(10(16)17)3-8(13-5)12-4-7(14)9(11)15/h2-3,7,14H,4H2,1H3,(H2,11,15)(H,12,13)(H,16,17). The highest BCUT2D eigenvalue weighted by atomic mass is 16.4. The van der Waals surface area contributed by atoms with E-state index in [0.29, 0.717) is 5.69 Å². The van der Waals surface area contributed by atoms with Crippen molar-refractivity contribution >= 4 is 17.7 Å². The van der Waals surface area contributed by atoms with Gasteiger partial charge in [-0.25, -0.2) is 9.78 Å². The first-order chi connectivity index (χ1) is 7.90. The molecule has 1 unspecified atom stereocenters. The molecular formula is C10H13N3O4. The lowest BCUT2D eigenvalue weighted by Crippen LogP contribution is -2.34. The lowest BCUT2D eigenvalue weighted by atomic mass is 10.2. The Kier molecular flexibility index (Phi) is 4.00. The number of amides is 1. The van der Waals surface area contributed by atoms with E-state index >= 15 is 0 Å². The third-order valence-corrected chi connectivity index (χ3v) is 2.01. The monoisotopic (exact) mass is 239 g/mol. The maximum Gasteiger partial charge on any atom is 0.335 e. The number of hydrogen-bond donors (Lipinski definition) is 4. The van der Waals surface area contributed by atoms with Gasteiger partial charge in [0.2, 0.25) is 5.91 Å². The topological polar surface area (TPSA) is 126 Å². The number of nitrogens with two attached hydrogens (primary N) is 1. The number of carboxylic acid groups (broad SMARTS) is 1. The fraction of sp³-hybridized carbons (Fsp3) is 0.300. The van der Waals surface area contributed by atoms with Crippen LogP contribution in [0.4, 0.5) is 5.82 Å². The number of hydrogen-bond acceptors (Lipinski definition) is 5. The van der Waals surface area contributed by atoms with Gasteiger partial charge in [-0.1, -0.05) is 0 Å². The van der Waals surface area contributed by atoms with Crippen LogP contribution in [0.1, 0.15) is 16.1 Å². The molecular weight excluding hydrogens is 226 g/mol. The lowest BCUT2D eigenvalue weighted by molar-refractivity contribution is -0.125. The second-order valence-electron chi connectivity index (χ2n) is 3.49. The van der Waals surface area contributed by atoms with Crippen molar-refractivity contribution in [1.82, 2.24) is 4.98 Å². The van der Waals surface area contributed by atoms with Crippen LogP contribution in [0.2, 0.25) is 0 Å². The Labute approximate surface area is 97.3 Å². The Balaban J connectivity index is 2.78. The largest absolute Gasteiger partial charge is 0.478 e. The quantitative estimate of drug-likeness (QED) is 0.540. The summed E-state index contributed by atoms with van der Waals surface area (Å²) in [5.74, 6) is -1.67. The van der Waals surface area contributed by atoms with E-state index in [1.54, 1.807) is 6.92 Å². The summed E-state index contributed by atoms with van der Waals surface area (Å²) in [6.45, 7) is 1.52. The molecule has 1 heterocycles. The predicted molar refractivity (Wildman–Crippen MR) is 59.6 cm³/mol. The molecule has 1 aromatic heterocycles. The minimum atomic E-state index is -1.34. The van der Waals surface area contributed by atoms with Crippen molar-refractivity contribution in [3.8, 4) is 0 Å². The van der Waals surface area contributed by atoms with Crippen molar-refractivity contribution in [3.05, 3.63) is 23.4 Å². The molecule has 0 spiro atoms. The molecule has 1 aromatic rings. The van der Waals surface area contributed by atoms with Crippen molar-refractivity contribution in [1.29, 1.82) is 0 Å². The summed E-state index contributed by atoms with van der Waals surface area (Å²) in [6, 6.07) is 2.72. The Morgan fingerprint density at radius 1 is 1.53 bits per heavy atom. The molecule has 1 rings (SSSR count). The molecule has 0 aliphatic carbocycles. The zero-order chi connectivity index (χ0) is 13.0. The number of primary amides is 1. The molecule has 0 aliphatic rings. The van der Waals surface area contributed by atoms with E-state index in [-0.39, 0.29) is 17.9 Å². The van der Waals surface area contributed by atoms with E-state index in [4.69, 9.17) is 15.9 Å². The molecule has 1 amide bonds. The minimum absolute atomic E-state index is 0.0774. The second-order valence-corrected chi connectivity index (χ2v) is 3.49. The van der Waals surface area contributed by atoms with E-state index in [9.17, 15) is 9.59 Å². The number of carbonyl (C=O) groups excluding carboxylic acids is 1. The smallest absolute Gasteiger partial charge is 0.335 e. The summed E-state index contributed by atoms with van der Waals surface area (Å²) < 4.78 is 0. The van der Waals surface area contributed by atoms with Crippen LogP contribution in [-0.2, 0) is 4.79 Å². The molecule has 0 aromatic carbocycles. The lowest BCUT2D eigenvalue weighted by Gasteiger charge is -2.10. The van der Waals surface area contributed by atoms with Crippen molar-refractivity contribution in [2.24, 2.45) is 5.73 Å². The van der Waals surface area contributed by atoms with Gasteiger partial charge in [-0.05, 0) is 19.1 Å². The molecule has 1 atom stereocenters. The number of rotatable bonds is 5. The molecule has 0 aliphatic heterocycles. The first-order valence-electron chi connectivity index (χ1n) is 4.83. The Hall–Kier alpha value is -2.15. The van der Waals surface area contributed by atoms with Gasteiger partial charge in [0.15, 0.2) is 0 Å². The van der Waals surface area contributed by atoms with Gasteiger partial charge in [0.05, 0.1) is 12.1 Å². The molecule has 7 nitrogen and oxygen atoms in total. The minimum Gasteiger partial charge on any atom is -0.478 e. The molecule has 92 valence electrons. The van der Waals surface area contributed by atoms with Gasteiger partial charge in [0.1, 0.15) is 11.9 Å². The number of aliphatic hydroxyl groups excluding tert-OH is 1. The number of carbonyl (C=O) groups is 2. The van der Waals surface area contributed by atoms with Crippen LogP contribution in [0.5, 0.6) is 0 Å². The molecule has 0 saturated heterocycles. The average Bonchev–Trinajstić information content (AvgIpc) is 2.24. The Morgan fingerprint density at radius 2 is 2.18 bits per heavy atom. The highest BCUT2D eigenvalue weighted by molar-refractivity contribution is 5.88. The van der Waals surface area contributed by atoms with E-state index in [1.807, 2.05) is 0 Å². The van der Waals surface area contributed by atoms with Gasteiger partial charge < -0.3 is 21.3 Å². The first-order valence-corrected chi connectivity index (χ1v) is 4.83. The van der Waals surface area contributed by atoms with Crippen LogP contribution in [-0.4, -0.2) is 39.7 Å². The third-order valence-electron chi connectivity index (χ3n) is 2.01. The van der Waals surface area contributed by atoms with Gasteiger partial charge >= 0.3 is 5.97 Å². The zero-order valence-electron chi connectivity index (χ0n) is 9.17. The van der Waals surface area contributed by atoms with Crippen molar-refractivity contribution in [2.75, 3.05) is 11.9 Å². The number of aliphatic hydroxyl groups is 1. The van der Waals surface area contributed by atoms with Crippen LogP contribution >= 0.6 is 0 Å². The predicted octanol–water partition coefficient (Wildman–Crippen LogP) is -0.654. The first kappa shape index (κ1) is 12.9. The van der Waals surface area contributed by atoms with Gasteiger partial charge in [-0.15, -0.1) is 0 Å². The third kappa shape index (κ3) is 3.72. The van der Waals surface area contributed by atoms with Crippen LogP contribution in [0.3, 0.4) is 0 Å². The van der Waals surface area contributed by atoms with Crippen LogP contribution in [0.25, 0.3) is 0 Å². The fourth-order valence-corrected chi connectivity index (χ4v) is 1.18. The van der Waals surface area contributed by atoms with E-state index in [2.05, 4.69) is 10.3 Å². The average molecular weight is 239 g/mol. The molecule has 0 saturated carbocycles. The molecule has 0 fully saturated rings. The van der Waals surface area contributed by atoms with Gasteiger partial charge in [0.25, 0.3) is 0 Å². The SMILES string of the molecule is Cc1cc(C(=O)O)cc(NCC(O)C(N)=O)n1. The van der Waals surface area contributed by atoms with Gasteiger partial charge in [-0.3, -0.25) is 4.79 Å². The molecule has 17 heavy (non-hydrogen) atoms. The summed E-state index contributed by atoms with van der Waals surface area (Å²) >= 11 is 0. The van der Waals surface area contributed by atoms with Crippen LogP contribution < -0.4 is 11.1 Å². The Bertz CT molecular complexity index is 447. The molecule has 0 bridgehead atoms. The molecule has 0 radical (unpaired) electrons. The number of nitrogens with zero attached hydrogens (tertiary/aromatic N) is 1. The molecule has 5 N–H and O–H groups in total. The van der Waals surface area contributed by atoms with Crippen LogP contribution in [0.15, 0.2) is 12.1 Å². The van der Waals surface area contributed by atoms with Crippen molar-refractivity contribution in [3.63, 3.8) is 0 Å². The highest BCUT2D eigenvalue weighted by Gasteiger charge is 2.11. The number of anilines is 1. The van der Waals surface area contributed by atoms with Crippen molar-refractivity contribution in [2.45, 2.75) is 13.0 Å². The maximum absolute atomic E-state index is 10.8. The number of aromatic nitrogens is 1. The summed E-state index contributed by atoms with van der Waals surface area (Å²) in [6.07, 6.45) is -1.34. The zero-order valence-corrected chi connectivity index (χ0v) is 9.17. The normalized spacial score (nSPS) is 11.9. The summed E-state index contributed by atoms with van der Waals surface area (Å²) in [7, 11) is 0. The highest BCUT2D eigenvalue weighted by Crippen LogP contribution is 2.10. The summed E-state index contributed by atoms with van der Waals surface area (Å²) in [5.41, 5.74) is 5.46. The summed E-state index contributed by atoms with van der Waals surface area (Å²) in [4.78, 5) is 25.4. The van der Waals surface area contributed by atoms with E-state index in [1.165, 1.54) is 12.1 Å². The second kappa shape index (κ2) is 5.26. The Morgan fingerprint density at radius 3 is 2.71 bits per heavy atom. The number of carboxylic acids is 1. The number of aromatic carboxylic acids is 1. The van der Waals surface area contributed by atoms with E-state index < -0.39 is 18.0 Å². The number of pyridine rings is 1. The molecule has 7 heteroatoms. The summed E-state index contributed by atoms with van der Waals surface area (Å²) in [5, 5.41) is 20.6. The number of nitrogens with one attached hydrogen (secondary N) is 1. The maximum atomic E-state index is 10.8. The fourth-order valence-electron chi connectivity index (χ4n) is 1.18. The van der Waals surface area contributed by atoms with Crippen molar-refractivity contribution < 1.29 is 19.8 Å². The van der Waals surface area contributed by atoms with Gasteiger partial charge in [0, 0.05) is 5.69 Å². The van der Waals surface area contributed by atoms with E-state index in [0.717, 1.165) is 0 Å². The van der Waals surface area contributed by atoms with Crippen LogP contribution in [0, 0.1) is 6.92 Å². The number of aryl methyl sites for hydroxylation is 1.